The van der Waals surface area contributed by atoms with Gasteiger partial charge in [-0.25, -0.2) is 4.68 Å². The lowest BCUT2D eigenvalue weighted by Gasteiger charge is -2.15. The summed E-state index contributed by atoms with van der Waals surface area (Å²) in [6, 6.07) is 3.91. The van der Waals surface area contributed by atoms with Gasteiger partial charge in [0.1, 0.15) is 5.52 Å². The largest absolute Gasteiger partial charge is 0.481 e. The number of aliphatic hydroxyl groups is 1. The first kappa shape index (κ1) is 18.4. The summed E-state index contributed by atoms with van der Waals surface area (Å²) in [6.45, 7) is 3.41. The van der Waals surface area contributed by atoms with Crippen molar-refractivity contribution in [2.45, 2.75) is 39.2 Å². The number of benzene rings is 1. The van der Waals surface area contributed by atoms with E-state index in [0.717, 1.165) is 28.6 Å². The molecular formula is C17H25N3O4. The Balaban J connectivity index is 2.20. The number of rotatable bonds is 10. The third kappa shape index (κ3) is 4.52. The van der Waals surface area contributed by atoms with E-state index in [-0.39, 0.29) is 18.9 Å². The molecule has 1 atom stereocenters. The van der Waals surface area contributed by atoms with Crippen LogP contribution in [0.4, 0.5) is 0 Å². The predicted octanol–water partition coefficient (Wildman–Crippen LogP) is 1.79. The molecule has 0 aliphatic rings. The van der Waals surface area contributed by atoms with E-state index in [4.69, 9.17) is 9.84 Å². The molecule has 7 heteroatoms. The maximum Gasteiger partial charge on any atom is 0.303 e. The third-order valence-corrected chi connectivity index (χ3v) is 4.36. The third-order valence-electron chi connectivity index (χ3n) is 4.36. The van der Waals surface area contributed by atoms with E-state index in [1.54, 1.807) is 7.11 Å². The molecule has 0 bridgehead atoms. The maximum atomic E-state index is 10.8. The topological polar surface area (TPSA) is 97.5 Å². The van der Waals surface area contributed by atoms with Crippen molar-refractivity contribution in [2.24, 2.45) is 5.92 Å². The van der Waals surface area contributed by atoms with E-state index in [1.165, 1.54) is 0 Å². The van der Waals surface area contributed by atoms with Crippen LogP contribution >= 0.6 is 0 Å². The van der Waals surface area contributed by atoms with Crippen molar-refractivity contribution in [1.29, 1.82) is 0 Å². The molecule has 1 unspecified atom stereocenters. The van der Waals surface area contributed by atoms with Crippen LogP contribution in [-0.2, 0) is 22.5 Å². The summed E-state index contributed by atoms with van der Waals surface area (Å²) in [5.74, 6) is -0.532. The lowest BCUT2D eigenvalue weighted by molar-refractivity contribution is -0.136. The van der Waals surface area contributed by atoms with Gasteiger partial charge in [0.15, 0.2) is 0 Å². The van der Waals surface area contributed by atoms with Gasteiger partial charge in [-0.1, -0.05) is 11.3 Å². The fraction of sp³-hybridized carbons (Fsp3) is 0.588. The summed E-state index contributed by atoms with van der Waals surface area (Å²) in [6.07, 6.45) is 2.15. The average Bonchev–Trinajstić information content (AvgIpc) is 2.96. The molecule has 0 saturated carbocycles. The number of aliphatic hydroxyl groups excluding tert-OH is 1. The van der Waals surface area contributed by atoms with Crippen molar-refractivity contribution in [3.8, 4) is 0 Å². The summed E-state index contributed by atoms with van der Waals surface area (Å²) in [5.41, 5.74) is 3.72. The van der Waals surface area contributed by atoms with Crippen LogP contribution < -0.4 is 0 Å². The van der Waals surface area contributed by atoms with Crippen LogP contribution in [0, 0.1) is 12.8 Å². The normalized spacial score (nSPS) is 12.6. The smallest absolute Gasteiger partial charge is 0.303 e. The minimum Gasteiger partial charge on any atom is -0.481 e. The van der Waals surface area contributed by atoms with Gasteiger partial charge < -0.3 is 14.9 Å². The lowest BCUT2D eigenvalue weighted by Crippen LogP contribution is -2.15. The Morgan fingerprint density at radius 2 is 2.17 bits per heavy atom. The minimum atomic E-state index is -0.803. The van der Waals surface area contributed by atoms with Gasteiger partial charge >= 0.3 is 5.97 Å². The van der Waals surface area contributed by atoms with Crippen molar-refractivity contribution < 1.29 is 19.7 Å². The van der Waals surface area contributed by atoms with Crippen molar-refractivity contribution >= 4 is 17.0 Å². The van der Waals surface area contributed by atoms with E-state index in [1.807, 2.05) is 23.7 Å². The number of ether oxygens (including phenoxy) is 1. The van der Waals surface area contributed by atoms with Crippen molar-refractivity contribution in [2.75, 3.05) is 20.3 Å². The van der Waals surface area contributed by atoms with Crippen LogP contribution in [0.5, 0.6) is 0 Å². The van der Waals surface area contributed by atoms with Gasteiger partial charge in [0.05, 0.1) is 5.52 Å². The minimum absolute atomic E-state index is 0.107. The number of aliphatic carboxylic acids is 1. The van der Waals surface area contributed by atoms with Gasteiger partial charge in [-0.2, -0.15) is 0 Å². The number of hydrogen-bond donors (Lipinski definition) is 2. The molecule has 2 aromatic rings. The first-order valence-electron chi connectivity index (χ1n) is 8.20. The number of fused-ring (bicyclic) bond motifs is 1. The number of aryl methyl sites for hydroxylation is 2. The molecule has 132 valence electrons. The predicted molar refractivity (Wildman–Crippen MR) is 89.9 cm³/mol. The molecule has 7 nitrogen and oxygen atoms in total. The second kappa shape index (κ2) is 8.75. The van der Waals surface area contributed by atoms with E-state index in [9.17, 15) is 9.90 Å². The Labute approximate surface area is 141 Å². The highest BCUT2D eigenvalue weighted by atomic mass is 16.5. The summed E-state index contributed by atoms with van der Waals surface area (Å²) in [5, 5.41) is 26.6. The molecule has 2 N–H and O–H groups in total. The molecule has 0 radical (unpaired) electrons. The summed E-state index contributed by atoms with van der Waals surface area (Å²) >= 11 is 0. The maximum absolute atomic E-state index is 10.8. The van der Waals surface area contributed by atoms with Crippen LogP contribution in [0.15, 0.2) is 12.1 Å². The molecule has 2 rings (SSSR count). The van der Waals surface area contributed by atoms with Crippen LogP contribution in [0.2, 0.25) is 0 Å². The fourth-order valence-electron chi connectivity index (χ4n) is 2.89. The summed E-state index contributed by atoms with van der Waals surface area (Å²) in [4.78, 5) is 10.8. The highest BCUT2D eigenvalue weighted by Gasteiger charge is 2.15. The Morgan fingerprint density at radius 3 is 2.83 bits per heavy atom. The summed E-state index contributed by atoms with van der Waals surface area (Å²) in [7, 11) is 1.67. The average molecular weight is 335 g/mol. The fourth-order valence-corrected chi connectivity index (χ4v) is 2.89. The number of carboxylic acids is 1. The second-order valence-electron chi connectivity index (χ2n) is 6.04. The van der Waals surface area contributed by atoms with E-state index < -0.39 is 5.97 Å². The number of hydrogen-bond acceptors (Lipinski definition) is 5. The molecule has 0 aliphatic carbocycles. The molecule has 24 heavy (non-hydrogen) atoms. The van der Waals surface area contributed by atoms with Crippen LogP contribution in [0.1, 0.15) is 30.4 Å². The number of methoxy groups -OCH3 is 1. The van der Waals surface area contributed by atoms with Gasteiger partial charge in [0.25, 0.3) is 0 Å². The quantitative estimate of drug-likeness (QED) is 0.687. The molecule has 0 aliphatic heterocycles. The highest BCUT2D eigenvalue weighted by molar-refractivity contribution is 5.79. The first-order chi connectivity index (χ1) is 11.6. The molecule has 0 amide bonds. The van der Waals surface area contributed by atoms with Gasteiger partial charge in [-0.05, 0) is 49.3 Å². The SMILES string of the molecule is COCCC(CCO)Cn1nnc2c(C)c(CCC(=O)O)ccc21. The second-order valence-corrected chi connectivity index (χ2v) is 6.04. The number of nitrogens with zero attached hydrogens (tertiary/aromatic N) is 3. The molecule has 1 aromatic carbocycles. The van der Waals surface area contributed by atoms with E-state index >= 15 is 0 Å². The standard InChI is InChI=1S/C17H25N3O4/c1-12-14(4-6-16(22)23)3-5-15-17(12)18-19-20(15)11-13(7-9-21)8-10-24-2/h3,5,13,21H,4,6-11H2,1-2H3,(H,22,23). The number of aromatic nitrogens is 3. The zero-order valence-electron chi connectivity index (χ0n) is 14.2. The van der Waals surface area contributed by atoms with Crippen molar-refractivity contribution in [3.63, 3.8) is 0 Å². The zero-order chi connectivity index (χ0) is 17.5. The molecule has 1 aromatic heterocycles. The lowest BCUT2D eigenvalue weighted by atomic mass is 10.0. The Kier molecular flexibility index (Phi) is 6.69. The summed E-state index contributed by atoms with van der Waals surface area (Å²) < 4.78 is 6.99. The molecule has 1 heterocycles. The van der Waals surface area contributed by atoms with Crippen LogP contribution in [0.25, 0.3) is 11.0 Å². The van der Waals surface area contributed by atoms with Crippen LogP contribution in [-0.4, -0.2) is 51.5 Å². The van der Waals surface area contributed by atoms with Gasteiger partial charge in [-0.15, -0.1) is 5.10 Å². The number of carbonyl (C=O) groups is 1. The Morgan fingerprint density at radius 1 is 1.38 bits per heavy atom. The first-order valence-corrected chi connectivity index (χ1v) is 8.20. The monoisotopic (exact) mass is 335 g/mol. The van der Waals surface area contributed by atoms with Crippen molar-refractivity contribution in [3.05, 3.63) is 23.3 Å². The van der Waals surface area contributed by atoms with Gasteiger partial charge in [-0.3, -0.25) is 4.79 Å². The zero-order valence-corrected chi connectivity index (χ0v) is 14.2. The molecule has 0 fully saturated rings. The molecule has 0 spiro atoms. The van der Waals surface area contributed by atoms with E-state index in [0.29, 0.717) is 26.0 Å². The Hall–Kier alpha value is -1.99. The highest BCUT2D eigenvalue weighted by Crippen LogP contribution is 2.22. The van der Waals surface area contributed by atoms with Crippen molar-refractivity contribution in [1.82, 2.24) is 15.0 Å². The van der Waals surface area contributed by atoms with E-state index in [2.05, 4.69) is 10.3 Å². The van der Waals surface area contributed by atoms with Gasteiger partial charge in [0, 0.05) is 33.3 Å². The molecular weight excluding hydrogens is 310 g/mol. The van der Waals surface area contributed by atoms with Gasteiger partial charge in [0.2, 0.25) is 0 Å². The Bertz CT molecular complexity index is 684. The van der Waals surface area contributed by atoms with Crippen LogP contribution in [0.3, 0.4) is 0 Å². The molecule has 0 saturated heterocycles. The number of carboxylic acid groups (broad SMARTS) is 1.